The van der Waals surface area contributed by atoms with Crippen molar-refractivity contribution >= 4 is 17.8 Å². The van der Waals surface area contributed by atoms with E-state index in [4.69, 9.17) is 4.79 Å². The maximum absolute atomic E-state index is 12.1. The molecule has 0 bridgehead atoms. The number of hydrogen-bond donors (Lipinski definition) is 1. The Bertz CT molecular complexity index is 778. The van der Waals surface area contributed by atoms with Gasteiger partial charge < -0.3 is 15.0 Å². The Kier molecular flexibility index (Phi) is 7.03. The number of carbonyl (C=O) groups is 1. The van der Waals surface area contributed by atoms with Crippen molar-refractivity contribution < 1.29 is 4.79 Å². The maximum Gasteiger partial charge on any atom is 0.290 e. The van der Waals surface area contributed by atoms with Gasteiger partial charge in [-0.15, -0.1) is 0 Å². The molecule has 1 aliphatic rings. The first-order chi connectivity index (χ1) is 12.4. The summed E-state index contributed by atoms with van der Waals surface area (Å²) in [5, 5.41) is 7.19. The number of aryl methyl sites for hydroxylation is 2. The summed E-state index contributed by atoms with van der Waals surface area (Å²) in [7, 11) is 3.82. The van der Waals surface area contributed by atoms with E-state index in [1.54, 1.807) is 13.1 Å². The van der Waals surface area contributed by atoms with Gasteiger partial charge in [0.2, 0.25) is 0 Å². The molecule has 0 spiro atoms. The Labute approximate surface area is 154 Å². The van der Waals surface area contributed by atoms with Crippen molar-refractivity contribution in [2.24, 2.45) is 7.05 Å². The lowest BCUT2D eigenvalue weighted by Gasteiger charge is -2.29. The minimum Gasteiger partial charge on any atom is -0.336 e. The monoisotopic (exact) mass is 357 g/mol. The number of rotatable bonds is 3. The third kappa shape index (κ3) is 5.23. The Balaban J connectivity index is 0.000000758. The zero-order valence-corrected chi connectivity index (χ0v) is 15.9. The highest BCUT2D eigenvalue weighted by Crippen LogP contribution is 2.27. The summed E-state index contributed by atoms with van der Waals surface area (Å²) in [5.41, 5.74) is 2.41. The lowest BCUT2D eigenvalue weighted by molar-refractivity contribution is -0.106. The highest BCUT2D eigenvalue weighted by molar-refractivity contribution is 5.55. The molecule has 1 N–H and O–H groups in total. The molecule has 0 saturated carbocycles. The summed E-state index contributed by atoms with van der Waals surface area (Å²) < 4.78 is 1.34. The maximum atomic E-state index is 12.1. The van der Waals surface area contributed by atoms with Crippen LogP contribution in [0.2, 0.25) is 0 Å². The number of hydrogen-bond acceptors (Lipinski definition) is 6. The predicted octanol–water partition coefficient (Wildman–Crippen LogP) is 2.24. The van der Waals surface area contributed by atoms with E-state index in [0.29, 0.717) is 17.4 Å². The van der Waals surface area contributed by atoms with Gasteiger partial charge in [-0.1, -0.05) is 6.07 Å². The molecule has 3 heterocycles. The highest BCUT2D eigenvalue weighted by atomic mass is 16.1. The Morgan fingerprint density at radius 2 is 1.88 bits per heavy atom. The molecule has 2 aromatic heterocycles. The summed E-state index contributed by atoms with van der Waals surface area (Å²) in [6, 6.07) is 5.81. The van der Waals surface area contributed by atoms with Gasteiger partial charge in [0.25, 0.3) is 5.56 Å². The Hall–Kier alpha value is -2.54. The first-order valence-corrected chi connectivity index (χ1v) is 8.80. The van der Waals surface area contributed by atoms with E-state index in [1.165, 1.54) is 30.0 Å². The Morgan fingerprint density at radius 3 is 2.46 bits per heavy atom. The number of nitrogens with one attached hydrogen (secondary N) is 1. The molecule has 7 nitrogen and oxygen atoms in total. The number of pyridine rings is 1. The number of carbonyl (C=O) groups excluding carboxylic acids is 1. The second-order valence-corrected chi connectivity index (χ2v) is 6.54. The lowest BCUT2D eigenvalue weighted by Crippen LogP contribution is -2.29. The number of anilines is 2. The van der Waals surface area contributed by atoms with Crippen molar-refractivity contribution in [2.75, 3.05) is 25.5 Å². The summed E-state index contributed by atoms with van der Waals surface area (Å²) in [6.07, 6.45) is 5.03. The summed E-state index contributed by atoms with van der Waals surface area (Å²) in [5.74, 6) is 1.27. The van der Waals surface area contributed by atoms with Crippen molar-refractivity contribution in [1.82, 2.24) is 19.7 Å². The summed E-state index contributed by atoms with van der Waals surface area (Å²) in [4.78, 5) is 27.7. The van der Waals surface area contributed by atoms with Crippen LogP contribution >= 0.6 is 0 Å². The predicted molar refractivity (Wildman–Crippen MR) is 103 cm³/mol. The van der Waals surface area contributed by atoms with Crippen LogP contribution < -0.4 is 10.9 Å². The third-order valence-corrected chi connectivity index (χ3v) is 4.42. The summed E-state index contributed by atoms with van der Waals surface area (Å²) >= 11 is 0. The van der Waals surface area contributed by atoms with Crippen molar-refractivity contribution in [3.8, 4) is 0 Å². The fraction of sp³-hybridized carbons (Fsp3) is 0.474. The average Bonchev–Trinajstić information content (AvgIpc) is 2.61. The Morgan fingerprint density at radius 1 is 1.23 bits per heavy atom. The molecule has 1 saturated heterocycles. The molecule has 0 unspecified atom stereocenters. The topological polar surface area (TPSA) is 80.1 Å². The van der Waals surface area contributed by atoms with Crippen LogP contribution in [-0.2, 0) is 11.8 Å². The first-order valence-electron chi connectivity index (χ1n) is 8.80. The zero-order valence-electron chi connectivity index (χ0n) is 15.9. The van der Waals surface area contributed by atoms with Crippen LogP contribution in [0.4, 0.5) is 11.5 Å². The molecule has 1 fully saturated rings. The van der Waals surface area contributed by atoms with Gasteiger partial charge in [-0.3, -0.25) is 4.79 Å². The van der Waals surface area contributed by atoms with Crippen LogP contribution in [0, 0.1) is 6.92 Å². The normalized spacial score (nSPS) is 15.1. The number of piperidine rings is 1. The van der Waals surface area contributed by atoms with E-state index in [0.717, 1.165) is 25.1 Å². The average molecular weight is 357 g/mol. The molecule has 140 valence electrons. The molecule has 0 aromatic carbocycles. The fourth-order valence-electron chi connectivity index (χ4n) is 3.05. The molecule has 0 atom stereocenters. The van der Waals surface area contributed by atoms with Crippen LogP contribution in [-0.4, -0.2) is 46.1 Å². The number of nitrogens with zero attached hydrogens (tertiary/aromatic N) is 4. The van der Waals surface area contributed by atoms with Gasteiger partial charge in [0, 0.05) is 13.2 Å². The van der Waals surface area contributed by atoms with Gasteiger partial charge in [0.1, 0.15) is 17.8 Å². The second-order valence-electron chi connectivity index (χ2n) is 6.54. The van der Waals surface area contributed by atoms with Gasteiger partial charge in [0.15, 0.2) is 0 Å². The van der Waals surface area contributed by atoms with Crippen LogP contribution in [0.15, 0.2) is 29.2 Å². The van der Waals surface area contributed by atoms with Gasteiger partial charge in [-0.05, 0) is 70.4 Å². The van der Waals surface area contributed by atoms with E-state index in [9.17, 15) is 4.79 Å². The number of aldehydes is 1. The number of aromatic nitrogens is 3. The van der Waals surface area contributed by atoms with Crippen LogP contribution in [0.1, 0.15) is 36.9 Å². The molecule has 1 aliphatic heterocycles. The van der Waals surface area contributed by atoms with Crippen LogP contribution in [0.5, 0.6) is 0 Å². The van der Waals surface area contributed by atoms with E-state index in [1.807, 2.05) is 19.2 Å². The van der Waals surface area contributed by atoms with Crippen molar-refractivity contribution in [3.63, 3.8) is 0 Å². The van der Waals surface area contributed by atoms with E-state index in [-0.39, 0.29) is 5.56 Å². The molecular formula is C19H27N5O2. The quantitative estimate of drug-likeness (QED) is 0.849. The molecule has 0 aliphatic carbocycles. The lowest BCUT2D eigenvalue weighted by atomic mass is 9.91. The van der Waals surface area contributed by atoms with Gasteiger partial charge >= 0.3 is 0 Å². The van der Waals surface area contributed by atoms with E-state index < -0.39 is 0 Å². The zero-order chi connectivity index (χ0) is 19.1. The number of likely N-dealkylation sites (tertiary alicyclic amines) is 1. The first kappa shape index (κ1) is 19.8. The summed E-state index contributed by atoms with van der Waals surface area (Å²) in [6.45, 7) is 5.58. The SMILES string of the molecule is CC=O.Cc1cc(Nc2ccc(C3CCN(C)CC3)cn2)c(=O)n(C)n1. The van der Waals surface area contributed by atoms with Crippen LogP contribution in [0.25, 0.3) is 0 Å². The molecule has 26 heavy (non-hydrogen) atoms. The van der Waals surface area contributed by atoms with E-state index in [2.05, 4.69) is 33.4 Å². The fourth-order valence-corrected chi connectivity index (χ4v) is 3.05. The highest BCUT2D eigenvalue weighted by Gasteiger charge is 2.18. The largest absolute Gasteiger partial charge is 0.336 e. The molecule has 0 radical (unpaired) electrons. The van der Waals surface area contributed by atoms with Gasteiger partial charge in [0.05, 0.1) is 5.69 Å². The molecule has 2 aromatic rings. The van der Waals surface area contributed by atoms with E-state index >= 15 is 0 Å². The van der Waals surface area contributed by atoms with Crippen molar-refractivity contribution in [3.05, 3.63) is 46.0 Å². The van der Waals surface area contributed by atoms with Crippen molar-refractivity contribution in [2.45, 2.75) is 32.6 Å². The minimum atomic E-state index is -0.156. The second kappa shape index (κ2) is 9.24. The minimum absolute atomic E-state index is 0.156. The molecular weight excluding hydrogens is 330 g/mol. The third-order valence-electron chi connectivity index (χ3n) is 4.42. The van der Waals surface area contributed by atoms with Crippen LogP contribution in [0.3, 0.4) is 0 Å². The van der Waals surface area contributed by atoms with Crippen molar-refractivity contribution in [1.29, 1.82) is 0 Å². The van der Waals surface area contributed by atoms with Gasteiger partial charge in [-0.25, -0.2) is 9.67 Å². The molecule has 7 heteroatoms. The molecule has 3 rings (SSSR count). The smallest absolute Gasteiger partial charge is 0.290 e. The standard InChI is InChI=1S/C17H23N5O.C2H4O/c1-12-10-15(17(23)22(3)20-12)19-16-5-4-14(11-18-16)13-6-8-21(2)9-7-13;1-2-3/h4-5,10-11,13H,6-9H2,1-3H3,(H,18,19);2H,1H3. The van der Waals surface area contributed by atoms with Gasteiger partial charge in [-0.2, -0.15) is 5.10 Å². The molecule has 0 amide bonds.